The molecule has 5 rings (SSSR count). The molecule has 0 atom stereocenters. The van der Waals surface area contributed by atoms with Gasteiger partial charge in [-0.15, -0.1) is 11.3 Å². The van der Waals surface area contributed by atoms with Crippen LogP contribution < -0.4 is 4.74 Å². The molecule has 6 nitrogen and oxygen atoms in total. The van der Waals surface area contributed by atoms with Crippen LogP contribution in [0.5, 0.6) is 11.5 Å². The monoisotopic (exact) mass is 556 g/mol. The molecule has 0 aliphatic heterocycles. The van der Waals surface area contributed by atoms with Crippen LogP contribution in [0.15, 0.2) is 60.7 Å². The summed E-state index contributed by atoms with van der Waals surface area (Å²) in [6.45, 7) is 6.19. The van der Waals surface area contributed by atoms with Gasteiger partial charge in [0.1, 0.15) is 23.7 Å². The van der Waals surface area contributed by atoms with Gasteiger partial charge in [0.25, 0.3) is 5.91 Å². The SMILES string of the molecule is Cc1ccc(CN(CC(=O)O)C(=O)c2cc3ccc(Oc4ccc(C(C)C)cc4)cc3c(CC3CCCC3)n2)s1. The third-order valence-corrected chi connectivity index (χ3v) is 8.58. The lowest BCUT2D eigenvalue weighted by Gasteiger charge is -2.21. The molecule has 2 heterocycles. The predicted molar refractivity (Wildman–Crippen MR) is 159 cm³/mol. The number of hydrogen-bond acceptors (Lipinski definition) is 5. The number of carbonyl (C=O) groups excluding carboxylic acids is 1. The number of aromatic nitrogens is 1. The van der Waals surface area contributed by atoms with Gasteiger partial charge in [0.2, 0.25) is 0 Å². The molecule has 1 amide bonds. The van der Waals surface area contributed by atoms with Crippen LogP contribution in [0.2, 0.25) is 0 Å². The Morgan fingerprint density at radius 3 is 2.40 bits per heavy atom. The minimum absolute atomic E-state index is 0.240. The minimum Gasteiger partial charge on any atom is -0.480 e. The summed E-state index contributed by atoms with van der Waals surface area (Å²) in [5.41, 5.74) is 2.42. The van der Waals surface area contributed by atoms with Crippen molar-refractivity contribution < 1.29 is 19.4 Å². The van der Waals surface area contributed by atoms with Crippen molar-refractivity contribution in [3.05, 3.63) is 87.4 Å². The van der Waals surface area contributed by atoms with Crippen LogP contribution >= 0.6 is 11.3 Å². The molecule has 40 heavy (non-hydrogen) atoms. The van der Waals surface area contributed by atoms with Crippen LogP contribution in [0.25, 0.3) is 10.8 Å². The highest BCUT2D eigenvalue weighted by atomic mass is 32.1. The number of carboxylic acids is 1. The second kappa shape index (κ2) is 12.2. The molecule has 2 aromatic carbocycles. The quantitative estimate of drug-likeness (QED) is 0.214. The fourth-order valence-electron chi connectivity index (χ4n) is 5.45. The van der Waals surface area contributed by atoms with Gasteiger partial charge in [-0.1, -0.05) is 57.7 Å². The van der Waals surface area contributed by atoms with E-state index in [1.807, 2.05) is 49.4 Å². The number of benzene rings is 2. The standard InChI is InChI=1S/C33H36N2O4S/c1-21(2)24-9-12-26(13-10-24)39-27-14-11-25-17-31(34-30(29(25)18-27)16-23-6-4-5-7-23)33(38)35(20-32(36)37)19-28-15-8-22(3)40-28/h8-15,17-18,21,23H,4-7,16,19-20H2,1-3H3,(H,36,37). The Bertz CT molecular complexity index is 1500. The van der Waals surface area contributed by atoms with Crippen LogP contribution in [-0.4, -0.2) is 33.4 Å². The third kappa shape index (κ3) is 6.70. The van der Waals surface area contributed by atoms with E-state index in [-0.39, 0.29) is 24.7 Å². The third-order valence-electron chi connectivity index (χ3n) is 7.60. The fourth-order valence-corrected chi connectivity index (χ4v) is 6.36. The number of aryl methyl sites for hydroxylation is 1. The molecular formula is C33H36N2O4S. The molecule has 1 saturated carbocycles. The Balaban J connectivity index is 1.48. The number of hydrogen-bond donors (Lipinski definition) is 1. The highest BCUT2D eigenvalue weighted by Crippen LogP contribution is 2.33. The van der Waals surface area contributed by atoms with E-state index in [9.17, 15) is 14.7 Å². The Hall–Kier alpha value is -3.71. The molecule has 0 spiro atoms. The lowest BCUT2D eigenvalue weighted by atomic mass is 9.97. The molecule has 1 N–H and O–H groups in total. The van der Waals surface area contributed by atoms with Gasteiger partial charge in [-0.05, 0) is 78.6 Å². The predicted octanol–water partition coefficient (Wildman–Crippen LogP) is 7.98. The molecule has 7 heteroatoms. The summed E-state index contributed by atoms with van der Waals surface area (Å²) in [6, 6.07) is 19.8. The van der Waals surface area contributed by atoms with Crippen LogP contribution in [0.4, 0.5) is 0 Å². The second-order valence-electron chi connectivity index (χ2n) is 11.1. The topological polar surface area (TPSA) is 79.7 Å². The zero-order valence-electron chi connectivity index (χ0n) is 23.4. The molecule has 2 aromatic heterocycles. The summed E-state index contributed by atoms with van der Waals surface area (Å²) >= 11 is 1.57. The van der Waals surface area contributed by atoms with Crippen molar-refractivity contribution in [3.8, 4) is 11.5 Å². The van der Waals surface area contributed by atoms with Crippen molar-refractivity contribution in [2.24, 2.45) is 5.92 Å². The van der Waals surface area contributed by atoms with Gasteiger partial charge >= 0.3 is 5.97 Å². The first-order valence-corrected chi connectivity index (χ1v) is 14.8. The zero-order valence-corrected chi connectivity index (χ0v) is 24.2. The number of carboxylic acid groups (broad SMARTS) is 1. The molecule has 1 fully saturated rings. The van der Waals surface area contributed by atoms with Crippen molar-refractivity contribution in [3.63, 3.8) is 0 Å². The lowest BCUT2D eigenvalue weighted by molar-refractivity contribution is -0.137. The van der Waals surface area contributed by atoms with E-state index in [2.05, 4.69) is 26.0 Å². The van der Waals surface area contributed by atoms with E-state index in [1.54, 1.807) is 17.4 Å². The van der Waals surface area contributed by atoms with Gasteiger partial charge in [-0.3, -0.25) is 9.59 Å². The molecular weight excluding hydrogens is 520 g/mol. The van der Waals surface area contributed by atoms with Gasteiger partial charge < -0.3 is 14.7 Å². The molecule has 0 saturated heterocycles. The number of rotatable bonds is 10. The number of fused-ring (bicyclic) bond motifs is 1. The molecule has 208 valence electrons. The molecule has 0 radical (unpaired) electrons. The molecule has 1 aliphatic carbocycles. The fraction of sp³-hybridized carbons (Fsp3) is 0.364. The first kappa shape index (κ1) is 27.8. The van der Waals surface area contributed by atoms with Crippen molar-refractivity contribution in [1.29, 1.82) is 0 Å². The van der Waals surface area contributed by atoms with Gasteiger partial charge in [-0.2, -0.15) is 0 Å². The summed E-state index contributed by atoms with van der Waals surface area (Å²) < 4.78 is 6.21. The zero-order chi connectivity index (χ0) is 28.2. The number of nitrogens with zero attached hydrogens (tertiary/aromatic N) is 2. The number of amides is 1. The Kier molecular flexibility index (Phi) is 8.50. The summed E-state index contributed by atoms with van der Waals surface area (Å²) in [6.07, 6.45) is 5.53. The molecule has 0 unspecified atom stereocenters. The highest BCUT2D eigenvalue weighted by molar-refractivity contribution is 7.11. The van der Waals surface area contributed by atoms with Crippen LogP contribution in [0.3, 0.4) is 0 Å². The summed E-state index contributed by atoms with van der Waals surface area (Å²) in [7, 11) is 0. The lowest BCUT2D eigenvalue weighted by Crippen LogP contribution is -2.35. The average Bonchev–Trinajstić information content (AvgIpc) is 3.59. The van der Waals surface area contributed by atoms with Gasteiger partial charge in [0.15, 0.2) is 0 Å². The van der Waals surface area contributed by atoms with Gasteiger partial charge in [-0.25, -0.2) is 4.98 Å². The van der Waals surface area contributed by atoms with E-state index in [1.165, 1.54) is 23.3 Å². The summed E-state index contributed by atoms with van der Waals surface area (Å²) in [4.78, 5) is 33.7. The summed E-state index contributed by atoms with van der Waals surface area (Å²) in [5.74, 6) is 1.06. The first-order valence-electron chi connectivity index (χ1n) is 14.0. The maximum Gasteiger partial charge on any atom is 0.323 e. The molecule has 4 aromatic rings. The Morgan fingerprint density at radius 1 is 1.02 bits per heavy atom. The number of carbonyl (C=O) groups is 2. The largest absolute Gasteiger partial charge is 0.480 e. The van der Waals surface area contributed by atoms with Gasteiger partial charge in [0, 0.05) is 20.8 Å². The Morgan fingerprint density at radius 2 is 1.75 bits per heavy atom. The number of ether oxygens (including phenoxy) is 1. The van der Waals surface area contributed by atoms with Gasteiger partial charge in [0.05, 0.1) is 6.54 Å². The van der Waals surface area contributed by atoms with Crippen LogP contribution in [-0.2, 0) is 17.8 Å². The van der Waals surface area contributed by atoms with E-state index in [0.717, 1.165) is 57.0 Å². The van der Waals surface area contributed by atoms with Crippen LogP contribution in [0, 0.1) is 12.8 Å². The Labute approximate surface area is 239 Å². The van der Waals surface area contributed by atoms with E-state index >= 15 is 0 Å². The maximum atomic E-state index is 13.7. The average molecular weight is 557 g/mol. The molecule has 0 bridgehead atoms. The van der Waals surface area contributed by atoms with Crippen molar-refractivity contribution in [2.45, 2.75) is 65.3 Å². The first-order chi connectivity index (χ1) is 19.2. The highest BCUT2D eigenvalue weighted by Gasteiger charge is 2.24. The van der Waals surface area contributed by atoms with Crippen molar-refractivity contribution >= 4 is 34.0 Å². The number of aliphatic carboxylic acids is 1. The van der Waals surface area contributed by atoms with Crippen molar-refractivity contribution in [1.82, 2.24) is 9.88 Å². The number of pyridine rings is 1. The second-order valence-corrected chi connectivity index (χ2v) is 12.5. The van der Waals surface area contributed by atoms with E-state index in [4.69, 9.17) is 9.72 Å². The van der Waals surface area contributed by atoms with E-state index < -0.39 is 5.97 Å². The van der Waals surface area contributed by atoms with E-state index in [0.29, 0.717) is 11.8 Å². The smallest absolute Gasteiger partial charge is 0.323 e. The van der Waals surface area contributed by atoms with Crippen molar-refractivity contribution in [2.75, 3.05) is 6.54 Å². The van der Waals surface area contributed by atoms with Crippen LogP contribution in [0.1, 0.15) is 76.9 Å². The number of thiophene rings is 1. The maximum absolute atomic E-state index is 13.7. The summed E-state index contributed by atoms with van der Waals surface area (Å²) in [5, 5.41) is 11.4. The molecule has 1 aliphatic rings. The minimum atomic E-state index is -1.04. The normalized spacial score (nSPS) is 13.7.